The molecule has 0 radical (unpaired) electrons. The highest BCUT2D eigenvalue weighted by Crippen LogP contribution is 2.32. The Bertz CT molecular complexity index is 391. The Morgan fingerprint density at radius 3 is 2.48 bits per heavy atom. The molecule has 2 amide bonds. The number of rotatable bonds is 6. The van der Waals surface area contributed by atoms with Gasteiger partial charge in [0.1, 0.15) is 6.54 Å². The van der Waals surface area contributed by atoms with Crippen LogP contribution in [0.4, 0.5) is 4.79 Å². The first-order valence-electron chi connectivity index (χ1n) is 7.92. The van der Waals surface area contributed by atoms with Crippen LogP contribution in [0, 0.1) is 0 Å². The van der Waals surface area contributed by atoms with Crippen molar-refractivity contribution in [3.05, 3.63) is 0 Å². The van der Waals surface area contributed by atoms with Gasteiger partial charge in [-0.25, -0.2) is 4.79 Å². The molecular formula is C15H26N2O4. The normalized spacial score (nSPS) is 24.4. The molecule has 0 aromatic heterocycles. The number of carboxylic acids is 1. The second-order valence-corrected chi connectivity index (χ2v) is 6.13. The fourth-order valence-corrected chi connectivity index (χ4v) is 3.05. The lowest BCUT2D eigenvalue weighted by atomic mass is 9.86. The van der Waals surface area contributed by atoms with Crippen molar-refractivity contribution in [2.45, 2.75) is 70.1 Å². The van der Waals surface area contributed by atoms with Gasteiger partial charge in [-0.15, -0.1) is 0 Å². The van der Waals surface area contributed by atoms with E-state index in [1.165, 1.54) is 4.90 Å². The van der Waals surface area contributed by atoms with E-state index in [0.29, 0.717) is 6.61 Å². The lowest BCUT2D eigenvalue weighted by molar-refractivity contribution is -0.137. The molecule has 6 heteroatoms. The largest absolute Gasteiger partial charge is 0.480 e. The Balaban J connectivity index is 1.93. The van der Waals surface area contributed by atoms with Crippen molar-refractivity contribution in [3.63, 3.8) is 0 Å². The third-order valence-corrected chi connectivity index (χ3v) is 4.66. The van der Waals surface area contributed by atoms with Gasteiger partial charge in [0.05, 0.1) is 5.60 Å². The maximum absolute atomic E-state index is 12.3. The third-order valence-electron chi connectivity index (χ3n) is 4.66. The van der Waals surface area contributed by atoms with Crippen molar-refractivity contribution >= 4 is 12.0 Å². The number of hydrogen-bond donors (Lipinski definition) is 2. The van der Waals surface area contributed by atoms with Crippen molar-refractivity contribution in [3.8, 4) is 0 Å². The van der Waals surface area contributed by atoms with Crippen LogP contribution < -0.4 is 5.32 Å². The molecule has 0 aromatic rings. The molecular weight excluding hydrogens is 272 g/mol. The molecule has 6 nitrogen and oxygen atoms in total. The Hall–Kier alpha value is -1.30. The number of urea groups is 1. The number of aliphatic carboxylic acids is 1. The summed E-state index contributed by atoms with van der Waals surface area (Å²) in [6.07, 6.45) is 5.26. The number of nitrogens with one attached hydrogen (secondary N) is 1. The summed E-state index contributed by atoms with van der Waals surface area (Å²) in [5, 5.41) is 11.9. The van der Waals surface area contributed by atoms with E-state index >= 15 is 0 Å². The van der Waals surface area contributed by atoms with Gasteiger partial charge < -0.3 is 20.1 Å². The van der Waals surface area contributed by atoms with Crippen LogP contribution in [0.3, 0.4) is 0 Å². The van der Waals surface area contributed by atoms with Crippen molar-refractivity contribution in [1.29, 1.82) is 0 Å². The Morgan fingerprint density at radius 1 is 1.29 bits per heavy atom. The van der Waals surface area contributed by atoms with Crippen LogP contribution in [0.2, 0.25) is 0 Å². The first-order valence-corrected chi connectivity index (χ1v) is 7.92. The molecule has 2 fully saturated rings. The minimum Gasteiger partial charge on any atom is -0.480 e. The van der Waals surface area contributed by atoms with Crippen molar-refractivity contribution in [2.75, 3.05) is 13.2 Å². The van der Waals surface area contributed by atoms with Gasteiger partial charge in [0.15, 0.2) is 0 Å². The number of hydrogen-bond acceptors (Lipinski definition) is 3. The fraction of sp³-hybridized carbons (Fsp3) is 0.867. The van der Waals surface area contributed by atoms with Crippen LogP contribution in [0.25, 0.3) is 0 Å². The molecule has 0 aromatic carbocycles. The molecule has 0 bridgehead atoms. The second kappa shape index (κ2) is 6.64. The minimum absolute atomic E-state index is 0.0706. The van der Waals surface area contributed by atoms with Crippen molar-refractivity contribution in [1.82, 2.24) is 10.2 Å². The van der Waals surface area contributed by atoms with Gasteiger partial charge in [0, 0.05) is 18.7 Å². The number of amides is 2. The molecule has 120 valence electrons. The standard InChI is InChI=1S/C15H26N2O4/c1-3-15(4-2)9-11(7-8-21-15)16-14(20)17(10-13(18)19)12-5-6-12/h11-12H,3-10H2,1-2H3,(H,16,20)(H,18,19). The average Bonchev–Trinajstić information content (AvgIpc) is 3.29. The van der Waals surface area contributed by atoms with Crippen molar-refractivity contribution in [2.24, 2.45) is 0 Å². The smallest absolute Gasteiger partial charge is 0.323 e. The van der Waals surface area contributed by atoms with Crippen molar-refractivity contribution < 1.29 is 19.4 Å². The molecule has 1 heterocycles. The zero-order valence-electron chi connectivity index (χ0n) is 12.9. The zero-order chi connectivity index (χ0) is 15.5. The summed E-state index contributed by atoms with van der Waals surface area (Å²) in [6.45, 7) is 4.64. The second-order valence-electron chi connectivity index (χ2n) is 6.13. The monoisotopic (exact) mass is 298 g/mol. The molecule has 1 aliphatic carbocycles. The van der Waals surface area contributed by atoms with Crippen LogP contribution in [-0.2, 0) is 9.53 Å². The lowest BCUT2D eigenvalue weighted by Gasteiger charge is -2.40. The lowest BCUT2D eigenvalue weighted by Crippen LogP contribution is -2.52. The molecule has 2 aliphatic rings. The molecule has 1 saturated heterocycles. The summed E-state index contributed by atoms with van der Waals surface area (Å²) < 4.78 is 5.90. The molecule has 0 spiro atoms. The summed E-state index contributed by atoms with van der Waals surface area (Å²) in [5.74, 6) is -0.958. The maximum atomic E-state index is 12.3. The third kappa shape index (κ3) is 4.09. The Kier molecular flexibility index (Phi) is 5.08. The van der Waals surface area contributed by atoms with E-state index in [1.807, 2.05) is 0 Å². The van der Waals surface area contributed by atoms with Crippen LogP contribution in [0.15, 0.2) is 0 Å². The number of ether oxygens (including phenoxy) is 1. The van der Waals surface area contributed by atoms with E-state index in [4.69, 9.17) is 9.84 Å². The van der Waals surface area contributed by atoms with Gasteiger partial charge in [0.25, 0.3) is 0 Å². The Morgan fingerprint density at radius 2 is 1.95 bits per heavy atom. The predicted molar refractivity (Wildman–Crippen MR) is 78.2 cm³/mol. The number of carbonyl (C=O) groups is 2. The van der Waals surface area contributed by atoms with Crippen LogP contribution in [0.1, 0.15) is 52.4 Å². The minimum atomic E-state index is -0.958. The van der Waals surface area contributed by atoms with Crippen LogP contribution in [0.5, 0.6) is 0 Å². The van der Waals surface area contributed by atoms with Crippen LogP contribution >= 0.6 is 0 Å². The Labute approximate surface area is 125 Å². The summed E-state index contributed by atoms with van der Waals surface area (Å²) in [6, 6.07) is -0.0721. The first kappa shape index (κ1) is 16.1. The predicted octanol–water partition coefficient (Wildman–Crippen LogP) is 1.98. The summed E-state index contributed by atoms with van der Waals surface area (Å²) in [7, 11) is 0. The molecule has 1 unspecified atom stereocenters. The SMILES string of the molecule is CCC1(CC)CC(NC(=O)N(CC(=O)O)C2CC2)CCO1. The van der Waals surface area contributed by atoms with Gasteiger partial charge in [-0.3, -0.25) is 4.79 Å². The molecule has 21 heavy (non-hydrogen) atoms. The van der Waals surface area contributed by atoms with E-state index < -0.39 is 5.97 Å². The molecule has 1 atom stereocenters. The number of carboxylic acid groups (broad SMARTS) is 1. The van der Waals surface area contributed by atoms with Gasteiger partial charge in [-0.1, -0.05) is 13.8 Å². The van der Waals surface area contributed by atoms with E-state index in [0.717, 1.165) is 38.5 Å². The molecule has 2 N–H and O–H groups in total. The first-order chi connectivity index (χ1) is 9.99. The topological polar surface area (TPSA) is 78.9 Å². The molecule has 1 aliphatic heterocycles. The average molecular weight is 298 g/mol. The van der Waals surface area contributed by atoms with E-state index in [1.54, 1.807) is 0 Å². The van der Waals surface area contributed by atoms with E-state index in [2.05, 4.69) is 19.2 Å². The number of nitrogens with zero attached hydrogens (tertiary/aromatic N) is 1. The van der Waals surface area contributed by atoms with Gasteiger partial charge in [-0.2, -0.15) is 0 Å². The van der Waals surface area contributed by atoms with Gasteiger partial charge in [0.2, 0.25) is 0 Å². The number of carbonyl (C=O) groups excluding carboxylic acids is 1. The van der Waals surface area contributed by atoms with Crippen LogP contribution in [-0.4, -0.2) is 52.8 Å². The fourth-order valence-electron chi connectivity index (χ4n) is 3.05. The maximum Gasteiger partial charge on any atom is 0.323 e. The highest BCUT2D eigenvalue weighted by atomic mass is 16.5. The van der Waals surface area contributed by atoms with E-state index in [9.17, 15) is 9.59 Å². The summed E-state index contributed by atoms with van der Waals surface area (Å²) in [4.78, 5) is 24.7. The summed E-state index contributed by atoms with van der Waals surface area (Å²) >= 11 is 0. The summed E-state index contributed by atoms with van der Waals surface area (Å²) in [5.41, 5.74) is -0.145. The highest BCUT2D eigenvalue weighted by Gasteiger charge is 2.38. The zero-order valence-corrected chi connectivity index (χ0v) is 12.9. The van der Waals surface area contributed by atoms with Gasteiger partial charge in [-0.05, 0) is 38.5 Å². The molecule has 1 saturated carbocycles. The van der Waals surface area contributed by atoms with Gasteiger partial charge >= 0.3 is 12.0 Å². The molecule has 2 rings (SSSR count). The quantitative estimate of drug-likeness (QED) is 0.786. The highest BCUT2D eigenvalue weighted by molar-refractivity contribution is 5.80. The van der Waals surface area contributed by atoms with E-state index in [-0.39, 0.29) is 30.3 Å².